The maximum atomic E-state index is 7.21. The normalized spacial score (nSPS) is 12.6. The number of para-hydroxylation sites is 1. The van der Waals surface area contributed by atoms with Gasteiger partial charge in [-0.2, -0.15) is 0 Å². The maximum Gasteiger partial charge on any atom is 0.185 e. The van der Waals surface area contributed by atoms with Crippen LogP contribution in [-0.2, 0) is 4.74 Å². The van der Waals surface area contributed by atoms with Gasteiger partial charge in [0.05, 0.1) is 5.70 Å². The van der Waals surface area contributed by atoms with Crippen LogP contribution in [0.3, 0.4) is 0 Å². The zero-order valence-electron chi connectivity index (χ0n) is 15.3. The third kappa shape index (κ3) is 7.48. The minimum absolute atomic E-state index is 0.0255. The van der Waals surface area contributed by atoms with E-state index in [1.807, 2.05) is 42.3 Å². The Morgan fingerprint density at radius 3 is 2.65 bits per heavy atom. The van der Waals surface area contributed by atoms with Gasteiger partial charge in [-0.3, -0.25) is 5.41 Å². The van der Waals surface area contributed by atoms with Crippen LogP contribution in [0, 0.1) is 5.41 Å². The lowest BCUT2D eigenvalue weighted by Gasteiger charge is -2.31. The van der Waals surface area contributed by atoms with Crippen molar-refractivity contribution in [3.63, 3.8) is 0 Å². The Morgan fingerprint density at radius 1 is 1.42 bits per heavy atom. The van der Waals surface area contributed by atoms with E-state index < -0.39 is 0 Å². The van der Waals surface area contributed by atoms with E-state index in [0.29, 0.717) is 13.3 Å². The topological polar surface area (TPSA) is 111 Å². The predicted octanol–water partition coefficient (Wildman–Crippen LogP) is 2.08. The third-order valence-corrected chi connectivity index (χ3v) is 4.50. The first kappa shape index (κ1) is 22.0. The number of nitrogens with one attached hydrogen (secondary N) is 4. The molecule has 1 rings (SSSR count). The molecular weight excluding hydrogens is 445 g/mol. The second kappa shape index (κ2) is 12.4. The molecule has 0 bridgehead atoms. The standard InChI is InChI=1S/C17H28IN7O/c1-21-14(10-7-11-23-17(19)20)15(22-2)25(12-26-3)16(18)24-13-8-5-4-6-9-13/h4-6,8-9,16,21,24H,2,7,10-12H2,1,3H3,(H4,19,20,23)/b15-14-. The van der Waals surface area contributed by atoms with Gasteiger partial charge in [0.2, 0.25) is 0 Å². The molecule has 0 aliphatic rings. The lowest BCUT2D eigenvalue weighted by Crippen LogP contribution is -2.38. The van der Waals surface area contributed by atoms with Gasteiger partial charge >= 0.3 is 0 Å². The van der Waals surface area contributed by atoms with Crippen LogP contribution in [0.15, 0.2) is 46.8 Å². The molecular formula is C17H28IN7O. The molecule has 0 heterocycles. The van der Waals surface area contributed by atoms with Crippen LogP contribution in [-0.4, -0.2) is 49.2 Å². The number of allylic oxidation sites excluding steroid dienone is 1. The average molecular weight is 473 g/mol. The van der Waals surface area contributed by atoms with Crippen molar-refractivity contribution in [2.75, 3.05) is 32.7 Å². The molecule has 1 unspecified atom stereocenters. The number of anilines is 1. The Labute approximate surface area is 168 Å². The summed E-state index contributed by atoms with van der Waals surface area (Å²) in [5.74, 6) is 0.697. The van der Waals surface area contributed by atoms with Crippen molar-refractivity contribution in [1.82, 2.24) is 15.5 Å². The number of ether oxygens (including phenoxy) is 1. The van der Waals surface area contributed by atoms with Crippen LogP contribution >= 0.6 is 22.6 Å². The number of nitrogens with zero attached hydrogens (tertiary/aromatic N) is 2. The molecule has 0 aliphatic heterocycles. The van der Waals surface area contributed by atoms with Crippen molar-refractivity contribution in [3.05, 3.63) is 41.8 Å². The van der Waals surface area contributed by atoms with Gasteiger partial charge in [-0.25, -0.2) is 4.99 Å². The number of aliphatic imine (C=N–C) groups is 1. The summed E-state index contributed by atoms with van der Waals surface area (Å²) in [4.78, 5) is 6.23. The molecule has 0 radical (unpaired) electrons. The summed E-state index contributed by atoms with van der Waals surface area (Å²) in [5, 5.41) is 16.6. The lowest BCUT2D eigenvalue weighted by atomic mass is 10.2. The molecule has 6 N–H and O–H groups in total. The molecule has 1 atom stereocenters. The number of hydrogen-bond acceptors (Lipinski definition) is 6. The monoisotopic (exact) mass is 473 g/mol. The van der Waals surface area contributed by atoms with Crippen LogP contribution in [0.5, 0.6) is 0 Å². The third-order valence-electron chi connectivity index (χ3n) is 3.51. The summed E-state index contributed by atoms with van der Waals surface area (Å²) in [7, 11) is 3.51. The zero-order valence-corrected chi connectivity index (χ0v) is 17.4. The number of halogens is 1. The molecule has 0 saturated carbocycles. The Morgan fingerprint density at radius 2 is 2.12 bits per heavy atom. The SMILES string of the molecule is C=N/C(=C(\CCCNC(=N)N)NC)N(COC)C(I)Nc1ccccc1. The number of alkyl halides is 1. The average Bonchev–Trinajstić information content (AvgIpc) is 2.63. The van der Waals surface area contributed by atoms with E-state index in [1.165, 1.54) is 0 Å². The highest BCUT2D eigenvalue weighted by Gasteiger charge is 2.20. The van der Waals surface area contributed by atoms with Crippen molar-refractivity contribution in [2.45, 2.75) is 17.0 Å². The summed E-state index contributed by atoms with van der Waals surface area (Å²) >= 11 is 2.30. The highest BCUT2D eigenvalue weighted by atomic mass is 127. The molecule has 0 aliphatic carbocycles. The van der Waals surface area contributed by atoms with Crippen LogP contribution < -0.4 is 21.7 Å². The number of rotatable bonds is 12. The fraction of sp³-hybridized carbons (Fsp3) is 0.412. The van der Waals surface area contributed by atoms with Crippen molar-refractivity contribution >= 4 is 41.0 Å². The predicted molar refractivity (Wildman–Crippen MR) is 116 cm³/mol. The number of methoxy groups -OCH3 is 1. The van der Waals surface area contributed by atoms with E-state index in [1.54, 1.807) is 7.11 Å². The first-order valence-corrected chi connectivity index (χ1v) is 9.44. The van der Waals surface area contributed by atoms with E-state index in [0.717, 1.165) is 30.0 Å². The molecule has 1 aromatic rings. The molecule has 0 aromatic heterocycles. The van der Waals surface area contributed by atoms with Crippen molar-refractivity contribution in [2.24, 2.45) is 10.7 Å². The largest absolute Gasteiger partial charge is 0.388 e. The van der Waals surface area contributed by atoms with Crippen molar-refractivity contribution in [1.29, 1.82) is 5.41 Å². The summed E-state index contributed by atoms with van der Waals surface area (Å²) < 4.78 is 5.28. The van der Waals surface area contributed by atoms with E-state index in [-0.39, 0.29) is 10.1 Å². The fourth-order valence-electron chi connectivity index (χ4n) is 2.32. The molecule has 0 amide bonds. The van der Waals surface area contributed by atoms with Gasteiger partial charge in [0.15, 0.2) is 16.0 Å². The number of guanidine groups is 1. The van der Waals surface area contributed by atoms with Gasteiger partial charge < -0.3 is 31.3 Å². The molecule has 1 aromatic carbocycles. The number of nitrogens with two attached hydrogens (primary N) is 1. The van der Waals surface area contributed by atoms with Gasteiger partial charge in [0, 0.05) is 26.4 Å². The number of hydrogen-bond donors (Lipinski definition) is 5. The van der Waals surface area contributed by atoms with Gasteiger partial charge in [-0.1, -0.05) is 18.2 Å². The fourth-order valence-corrected chi connectivity index (χ4v) is 3.10. The second-order valence-corrected chi connectivity index (χ2v) is 6.57. The molecule has 0 saturated heterocycles. The molecule has 144 valence electrons. The first-order valence-electron chi connectivity index (χ1n) is 8.20. The highest BCUT2D eigenvalue weighted by molar-refractivity contribution is 14.1. The molecule has 26 heavy (non-hydrogen) atoms. The van der Waals surface area contributed by atoms with Gasteiger partial charge in [-0.05, 0) is 54.3 Å². The Bertz CT molecular complexity index is 594. The number of benzene rings is 1. The van der Waals surface area contributed by atoms with E-state index in [2.05, 4.69) is 50.3 Å². The van der Waals surface area contributed by atoms with Crippen molar-refractivity contribution in [3.8, 4) is 0 Å². The van der Waals surface area contributed by atoms with E-state index in [4.69, 9.17) is 15.9 Å². The van der Waals surface area contributed by atoms with Crippen molar-refractivity contribution < 1.29 is 4.74 Å². The Balaban J connectivity index is 2.91. The van der Waals surface area contributed by atoms with Gasteiger partial charge in [-0.15, -0.1) is 0 Å². The Hall–Kier alpha value is -2.01. The van der Waals surface area contributed by atoms with Crippen LogP contribution in [0.4, 0.5) is 5.69 Å². The smallest absolute Gasteiger partial charge is 0.185 e. The quantitative estimate of drug-likeness (QED) is 0.0605. The maximum absolute atomic E-state index is 7.21. The summed E-state index contributed by atoms with van der Waals surface area (Å²) in [6.07, 6.45) is 1.54. The van der Waals surface area contributed by atoms with Crippen LogP contribution in [0.25, 0.3) is 0 Å². The lowest BCUT2D eigenvalue weighted by molar-refractivity contribution is 0.0860. The van der Waals surface area contributed by atoms with E-state index >= 15 is 0 Å². The molecule has 8 nitrogen and oxygen atoms in total. The molecule has 9 heteroatoms. The second-order valence-electron chi connectivity index (χ2n) is 5.39. The van der Waals surface area contributed by atoms with Gasteiger partial charge in [0.25, 0.3) is 0 Å². The first-order chi connectivity index (χ1) is 12.5. The minimum atomic E-state index is -0.0888. The zero-order chi connectivity index (χ0) is 19.4. The highest BCUT2D eigenvalue weighted by Crippen LogP contribution is 2.22. The summed E-state index contributed by atoms with van der Waals surface area (Å²) in [6, 6.07) is 9.96. The van der Waals surface area contributed by atoms with E-state index in [9.17, 15) is 0 Å². The van der Waals surface area contributed by atoms with Crippen LogP contribution in [0.2, 0.25) is 0 Å². The molecule has 0 spiro atoms. The summed E-state index contributed by atoms with van der Waals surface area (Å²) in [6.45, 7) is 4.71. The van der Waals surface area contributed by atoms with Crippen LogP contribution in [0.1, 0.15) is 12.8 Å². The Kier molecular flexibility index (Phi) is 10.5. The van der Waals surface area contributed by atoms with Gasteiger partial charge in [0.1, 0.15) is 6.73 Å². The molecule has 0 fully saturated rings. The summed E-state index contributed by atoms with van der Waals surface area (Å²) in [5.41, 5.74) is 7.26. The minimum Gasteiger partial charge on any atom is -0.388 e.